The van der Waals surface area contributed by atoms with E-state index in [1.807, 2.05) is 17.9 Å². The van der Waals surface area contributed by atoms with Crippen LogP contribution >= 0.6 is 0 Å². The Morgan fingerprint density at radius 3 is 2.70 bits per heavy atom. The Kier molecular flexibility index (Phi) is 3.77. The molecule has 0 spiro atoms. The van der Waals surface area contributed by atoms with Gasteiger partial charge in [0.15, 0.2) is 0 Å². The third-order valence-corrected chi connectivity index (χ3v) is 4.35. The number of rotatable bonds is 3. The minimum absolute atomic E-state index is 0.160. The largest absolute Gasteiger partial charge is 0.450 e. The van der Waals surface area contributed by atoms with Crippen LogP contribution in [0.1, 0.15) is 25.3 Å². The number of hydrogen-bond donors (Lipinski definition) is 0. The molecule has 0 N–H and O–H groups in total. The molecule has 0 saturated carbocycles. The number of piperidine rings is 1. The van der Waals surface area contributed by atoms with E-state index in [1.54, 1.807) is 0 Å². The van der Waals surface area contributed by atoms with Crippen molar-refractivity contribution in [3.05, 3.63) is 48.0 Å². The van der Waals surface area contributed by atoms with Crippen LogP contribution in [0.15, 0.2) is 42.5 Å². The molecule has 20 heavy (non-hydrogen) atoms. The summed E-state index contributed by atoms with van der Waals surface area (Å²) in [7, 11) is 0. The second kappa shape index (κ2) is 5.70. The van der Waals surface area contributed by atoms with E-state index in [0.717, 1.165) is 12.8 Å². The number of benzene rings is 1. The number of carbonyl (C=O) groups is 1. The molecule has 2 aliphatic heterocycles. The molecule has 3 nitrogen and oxygen atoms in total. The summed E-state index contributed by atoms with van der Waals surface area (Å²) in [5.41, 5.74) is 1.28. The van der Waals surface area contributed by atoms with Crippen molar-refractivity contribution in [1.29, 1.82) is 0 Å². The Labute approximate surface area is 120 Å². The zero-order chi connectivity index (χ0) is 13.9. The Bertz CT molecular complexity index is 497. The van der Waals surface area contributed by atoms with Gasteiger partial charge in [0.1, 0.15) is 0 Å². The second-order valence-electron chi connectivity index (χ2n) is 5.56. The van der Waals surface area contributed by atoms with E-state index in [0.29, 0.717) is 12.5 Å². The quantitative estimate of drug-likeness (QED) is 0.788. The standard InChI is InChI=1S/C17H21NO2/c1-2-20-17(19)18-15-10-8-14(9-11-15)16(18)12-13-6-4-3-5-7-13/h3-8,10,14-16H,2,9,11-12H2,1H3/t14-,15+,16-/m1/s1. The first-order valence-electron chi connectivity index (χ1n) is 7.47. The highest BCUT2D eigenvalue weighted by molar-refractivity contribution is 5.69. The van der Waals surface area contributed by atoms with Crippen molar-refractivity contribution in [2.45, 2.75) is 38.3 Å². The van der Waals surface area contributed by atoms with E-state index in [9.17, 15) is 4.79 Å². The normalized spacial score (nSPS) is 27.6. The molecule has 1 aromatic rings. The molecule has 1 saturated heterocycles. The van der Waals surface area contributed by atoms with Crippen LogP contribution < -0.4 is 0 Å². The fourth-order valence-corrected chi connectivity index (χ4v) is 3.41. The summed E-state index contributed by atoms with van der Waals surface area (Å²) in [5, 5.41) is 0. The average Bonchev–Trinajstić information content (AvgIpc) is 2.49. The molecule has 1 amide bonds. The maximum Gasteiger partial charge on any atom is 0.410 e. The van der Waals surface area contributed by atoms with Gasteiger partial charge in [0.25, 0.3) is 0 Å². The van der Waals surface area contributed by atoms with E-state index in [2.05, 4.69) is 36.4 Å². The Balaban J connectivity index is 1.82. The molecule has 3 heteroatoms. The van der Waals surface area contributed by atoms with Gasteiger partial charge in [-0.05, 0) is 37.7 Å². The van der Waals surface area contributed by atoms with Crippen molar-refractivity contribution in [1.82, 2.24) is 4.90 Å². The first kappa shape index (κ1) is 13.2. The number of amides is 1. The van der Waals surface area contributed by atoms with Crippen molar-refractivity contribution in [2.24, 2.45) is 5.92 Å². The Morgan fingerprint density at radius 2 is 2.05 bits per heavy atom. The zero-order valence-electron chi connectivity index (χ0n) is 11.9. The van der Waals surface area contributed by atoms with Crippen LogP contribution in [-0.4, -0.2) is 29.7 Å². The number of fused-ring (bicyclic) bond motifs is 2. The predicted molar refractivity (Wildman–Crippen MR) is 78.4 cm³/mol. The summed E-state index contributed by atoms with van der Waals surface area (Å²) in [6.45, 7) is 2.30. The van der Waals surface area contributed by atoms with E-state index >= 15 is 0 Å². The van der Waals surface area contributed by atoms with E-state index in [4.69, 9.17) is 4.74 Å². The minimum Gasteiger partial charge on any atom is -0.450 e. The lowest BCUT2D eigenvalue weighted by molar-refractivity contribution is 0.0394. The van der Waals surface area contributed by atoms with Crippen LogP contribution in [0.25, 0.3) is 0 Å². The summed E-state index contributed by atoms with van der Waals surface area (Å²) >= 11 is 0. The molecule has 0 aromatic heterocycles. The van der Waals surface area contributed by atoms with Crippen molar-refractivity contribution in [3.8, 4) is 0 Å². The average molecular weight is 271 g/mol. The third-order valence-electron chi connectivity index (χ3n) is 4.35. The molecule has 1 aromatic carbocycles. The van der Waals surface area contributed by atoms with Crippen molar-refractivity contribution in [2.75, 3.05) is 6.61 Å². The van der Waals surface area contributed by atoms with Crippen LogP contribution in [0, 0.1) is 5.92 Å². The molecular formula is C17H21NO2. The molecule has 2 bridgehead atoms. The minimum atomic E-state index is -0.160. The number of carbonyl (C=O) groups excluding carboxylic acids is 1. The molecule has 4 rings (SSSR count). The van der Waals surface area contributed by atoms with Gasteiger partial charge in [0.2, 0.25) is 0 Å². The SMILES string of the molecule is CCOC(=O)N1[C@H](Cc2ccccc2)[C@@H]2C=C[C@H]1CC2. The highest BCUT2D eigenvalue weighted by atomic mass is 16.6. The Hall–Kier alpha value is -1.77. The molecule has 3 atom stereocenters. The second-order valence-corrected chi connectivity index (χ2v) is 5.56. The summed E-state index contributed by atoms with van der Waals surface area (Å²) in [5.74, 6) is 0.463. The summed E-state index contributed by atoms with van der Waals surface area (Å²) < 4.78 is 5.26. The van der Waals surface area contributed by atoms with Gasteiger partial charge in [0.05, 0.1) is 12.6 Å². The lowest BCUT2D eigenvalue weighted by Crippen LogP contribution is -2.56. The Morgan fingerprint density at radius 1 is 1.25 bits per heavy atom. The first-order chi connectivity index (χ1) is 9.79. The van der Waals surface area contributed by atoms with Gasteiger partial charge in [-0.2, -0.15) is 0 Å². The molecule has 2 heterocycles. The fraction of sp³-hybridized carbons (Fsp3) is 0.471. The van der Waals surface area contributed by atoms with Gasteiger partial charge in [-0.3, -0.25) is 4.90 Å². The lowest BCUT2D eigenvalue weighted by Gasteiger charge is -2.47. The van der Waals surface area contributed by atoms with Crippen molar-refractivity contribution >= 4 is 6.09 Å². The molecule has 0 radical (unpaired) electrons. The van der Waals surface area contributed by atoms with Gasteiger partial charge >= 0.3 is 6.09 Å². The summed E-state index contributed by atoms with van der Waals surface area (Å²) in [6.07, 6.45) is 7.45. The molecule has 0 unspecified atom stereocenters. The molecule has 1 fully saturated rings. The first-order valence-corrected chi connectivity index (χ1v) is 7.47. The maximum atomic E-state index is 12.3. The molecule has 1 aliphatic carbocycles. The van der Waals surface area contributed by atoms with Crippen molar-refractivity contribution < 1.29 is 9.53 Å². The zero-order valence-corrected chi connectivity index (χ0v) is 11.9. The van der Waals surface area contributed by atoms with Gasteiger partial charge < -0.3 is 4.74 Å². The molecule has 3 aliphatic rings. The fourth-order valence-electron chi connectivity index (χ4n) is 3.41. The van der Waals surface area contributed by atoms with E-state index < -0.39 is 0 Å². The van der Waals surface area contributed by atoms with E-state index in [1.165, 1.54) is 12.0 Å². The summed E-state index contributed by atoms with van der Waals surface area (Å²) in [4.78, 5) is 14.2. The highest BCUT2D eigenvalue weighted by Gasteiger charge is 2.41. The van der Waals surface area contributed by atoms with Crippen LogP contribution in [0.4, 0.5) is 4.79 Å². The maximum absolute atomic E-state index is 12.3. The van der Waals surface area contributed by atoms with Crippen molar-refractivity contribution in [3.63, 3.8) is 0 Å². The smallest absolute Gasteiger partial charge is 0.410 e. The topological polar surface area (TPSA) is 29.5 Å². The van der Waals surface area contributed by atoms with Crippen LogP contribution in [-0.2, 0) is 11.2 Å². The van der Waals surface area contributed by atoms with E-state index in [-0.39, 0.29) is 18.2 Å². The highest BCUT2D eigenvalue weighted by Crippen LogP contribution is 2.36. The number of nitrogens with zero attached hydrogens (tertiary/aromatic N) is 1. The van der Waals surface area contributed by atoms with Gasteiger partial charge in [0, 0.05) is 6.04 Å². The number of ether oxygens (including phenoxy) is 1. The van der Waals surface area contributed by atoms with Crippen LogP contribution in [0.2, 0.25) is 0 Å². The van der Waals surface area contributed by atoms with Gasteiger partial charge in [-0.25, -0.2) is 4.79 Å². The van der Waals surface area contributed by atoms with Crippen LogP contribution in [0.5, 0.6) is 0 Å². The monoisotopic (exact) mass is 271 g/mol. The molecular weight excluding hydrogens is 250 g/mol. The predicted octanol–water partition coefficient (Wildman–Crippen LogP) is 3.40. The lowest BCUT2D eigenvalue weighted by atomic mass is 9.78. The molecule has 106 valence electrons. The van der Waals surface area contributed by atoms with Gasteiger partial charge in [-0.1, -0.05) is 42.5 Å². The third kappa shape index (κ3) is 2.45. The van der Waals surface area contributed by atoms with Crippen LogP contribution in [0.3, 0.4) is 0 Å². The number of hydrogen-bond acceptors (Lipinski definition) is 2. The summed E-state index contributed by atoms with van der Waals surface area (Å²) in [6, 6.07) is 10.9. The van der Waals surface area contributed by atoms with Gasteiger partial charge in [-0.15, -0.1) is 0 Å².